The van der Waals surface area contributed by atoms with Crippen LogP contribution in [-0.4, -0.2) is 12.1 Å². The average Bonchev–Trinajstić information content (AvgIpc) is 2.43. The summed E-state index contributed by atoms with van der Waals surface area (Å²) in [6, 6.07) is 6.64. The second-order valence-electron chi connectivity index (χ2n) is 7.57. The Balaban J connectivity index is 1.71. The fourth-order valence-corrected chi connectivity index (χ4v) is 3.36. The summed E-state index contributed by atoms with van der Waals surface area (Å²) in [5.41, 5.74) is 3.40. The zero-order valence-electron chi connectivity index (χ0n) is 13.1. The highest BCUT2D eigenvalue weighted by atomic mass is 16.5. The summed E-state index contributed by atoms with van der Waals surface area (Å²) >= 11 is 0. The van der Waals surface area contributed by atoms with Crippen LogP contribution in [0.1, 0.15) is 57.6 Å². The monoisotopic (exact) mass is 273 g/mol. The summed E-state index contributed by atoms with van der Waals surface area (Å²) in [5.74, 6) is 1.06. The van der Waals surface area contributed by atoms with Crippen LogP contribution in [-0.2, 0) is 13.0 Å². The average molecular weight is 273 g/mol. The zero-order chi connectivity index (χ0) is 14.2. The second kappa shape index (κ2) is 5.07. The van der Waals surface area contributed by atoms with Gasteiger partial charge >= 0.3 is 0 Å². The van der Waals surface area contributed by atoms with E-state index in [1.165, 1.54) is 36.8 Å². The number of fused-ring (bicyclic) bond motifs is 1. The van der Waals surface area contributed by atoms with E-state index in [1.54, 1.807) is 0 Å². The first kappa shape index (κ1) is 13.9. The topological polar surface area (TPSA) is 21.3 Å². The molecule has 2 nitrogen and oxygen atoms in total. The van der Waals surface area contributed by atoms with Gasteiger partial charge in [0.1, 0.15) is 11.4 Å². The first-order valence-electron chi connectivity index (χ1n) is 7.97. The van der Waals surface area contributed by atoms with E-state index in [0.29, 0.717) is 5.41 Å². The molecule has 0 amide bonds. The first-order chi connectivity index (χ1) is 9.46. The highest BCUT2D eigenvalue weighted by Crippen LogP contribution is 2.42. The summed E-state index contributed by atoms with van der Waals surface area (Å²) < 4.78 is 6.38. The minimum atomic E-state index is 0.0245. The van der Waals surface area contributed by atoms with Crippen LogP contribution >= 0.6 is 0 Å². The number of rotatable bonds is 2. The summed E-state index contributed by atoms with van der Waals surface area (Å²) in [6.45, 7) is 9.11. The van der Waals surface area contributed by atoms with Gasteiger partial charge in [0.2, 0.25) is 0 Å². The van der Waals surface area contributed by atoms with Crippen LogP contribution in [0, 0.1) is 5.41 Å². The van der Waals surface area contributed by atoms with Crippen LogP contribution < -0.4 is 10.1 Å². The van der Waals surface area contributed by atoms with Crippen LogP contribution in [0.3, 0.4) is 0 Å². The fraction of sp³-hybridized carbons (Fsp3) is 0.667. The van der Waals surface area contributed by atoms with Crippen molar-refractivity contribution in [3.05, 3.63) is 29.3 Å². The lowest BCUT2D eigenvalue weighted by Crippen LogP contribution is -2.39. The molecule has 1 N–H and O–H groups in total. The second-order valence-corrected chi connectivity index (χ2v) is 7.57. The third-order valence-electron chi connectivity index (χ3n) is 5.09. The summed E-state index contributed by atoms with van der Waals surface area (Å²) in [5, 5.41) is 3.42. The van der Waals surface area contributed by atoms with Crippen molar-refractivity contribution in [2.24, 2.45) is 5.41 Å². The van der Waals surface area contributed by atoms with E-state index in [2.05, 4.69) is 44.3 Å². The molecule has 0 bridgehead atoms. The Morgan fingerprint density at radius 1 is 1.00 bits per heavy atom. The summed E-state index contributed by atoms with van der Waals surface area (Å²) in [7, 11) is 0. The number of ether oxygens (including phenoxy) is 1. The van der Waals surface area contributed by atoms with E-state index in [0.717, 1.165) is 25.3 Å². The van der Waals surface area contributed by atoms with Crippen LogP contribution in [0.4, 0.5) is 0 Å². The molecule has 0 unspecified atom stereocenters. The minimum Gasteiger partial charge on any atom is -0.488 e. The highest BCUT2D eigenvalue weighted by Gasteiger charge is 2.36. The van der Waals surface area contributed by atoms with Gasteiger partial charge < -0.3 is 10.1 Å². The SMILES string of the molecule is CC1(C)CCC(C)(Oc2ccc3c(c2)CCNC3)CC1. The lowest BCUT2D eigenvalue weighted by Gasteiger charge is -2.41. The van der Waals surface area contributed by atoms with Crippen molar-refractivity contribution in [2.45, 2.75) is 65.0 Å². The van der Waals surface area contributed by atoms with E-state index >= 15 is 0 Å². The van der Waals surface area contributed by atoms with Crippen LogP contribution in [0.5, 0.6) is 5.75 Å². The molecule has 1 aromatic rings. The van der Waals surface area contributed by atoms with Gasteiger partial charge in [-0.1, -0.05) is 19.9 Å². The normalized spacial score (nSPS) is 23.9. The van der Waals surface area contributed by atoms with E-state index in [-0.39, 0.29) is 5.60 Å². The van der Waals surface area contributed by atoms with Gasteiger partial charge in [0.15, 0.2) is 0 Å². The van der Waals surface area contributed by atoms with Crippen molar-refractivity contribution in [1.82, 2.24) is 5.32 Å². The molecule has 20 heavy (non-hydrogen) atoms. The van der Waals surface area contributed by atoms with E-state index in [9.17, 15) is 0 Å². The Hall–Kier alpha value is -1.02. The van der Waals surface area contributed by atoms with Crippen LogP contribution in [0.25, 0.3) is 0 Å². The van der Waals surface area contributed by atoms with Crippen molar-refractivity contribution in [3.63, 3.8) is 0 Å². The lowest BCUT2D eigenvalue weighted by atomic mass is 9.71. The summed E-state index contributed by atoms with van der Waals surface area (Å²) in [6.07, 6.45) is 5.98. The van der Waals surface area contributed by atoms with E-state index < -0.39 is 0 Å². The third kappa shape index (κ3) is 3.01. The van der Waals surface area contributed by atoms with Crippen molar-refractivity contribution in [1.29, 1.82) is 0 Å². The van der Waals surface area contributed by atoms with Gasteiger partial charge in [0.05, 0.1) is 0 Å². The molecule has 110 valence electrons. The minimum absolute atomic E-state index is 0.0245. The van der Waals surface area contributed by atoms with Gasteiger partial charge in [-0.15, -0.1) is 0 Å². The van der Waals surface area contributed by atoms with Crippen LogP contribution in [0.15, 0.2) is 18.2 Å². The Kier molecular flexibility index (Phi) is 3.53. The number of hydrogen-bond acceptors (Lipinski definition) is 2. The van der Waals surface area contributed by atoms with Crippen LogP contribution in [0.2, 0.25) is 0 Å². The molecule has 0 spiro atoms. The number of benzene rings is 1. The lowest BCUT2D eigenvalue weighted by molar-refractivity contribution is 0.0124. The maximum absolute atomic E-state index is 6.38. The molecule has 1 aliphatic heterocycles. The molecular weight excluding hydrogens is 246 g/mol. The molecule has 0 atom stereocenters. The molecule has 2 heteroatoms. The maximum atomic E-state index is 6.38. The Labute approximate surface area is 122 Å². The van der Waals surface area contributed by atoms with E-state index in [1.807, 2.05) is 0 Å². The van der Waals surface area contributed by atoms with Gasteiger partial charge in [0.25, 0.3) is 0 Å². The van der Waals surface area contributed by atoms with Crippen molar-refractivity contribution >= 4 is 0 Å². The van der Waals surface area contributed by atoms with E-state index in [4.69, 9.17) is 4.74 Å². The fourth-order valence-electron chi connectivity index (χ4n) is 3.36. The molecular formula is C18H27NO. The predicted octanol–water partition coefficient (Wildman–Crippen LogP) is 4.07. The van der Waals surface area contributed by atoms with Crippen molar-refractivity contribution in [3.8, 4) is 5.75 Å². The largest absolute Gasteiger partial charge is 0.488 e. The molecule has 3 rings (SSSR count). The van der Waals surface area contributed by atoms with Gasteiger partial charge in [-0.05, 0) is 74.2 Å². The smallest absolute Gasteiger partial charge is 0.120 e. The van der Waals surface area contributed by atoms with Gasteiger partial charge in [-0.2, -0.15) is 0 Å². The maximum Gasteiger partial charge on any atom is 0.120 e. The molecule has 1 aliphatic carbocycles. The predicted molar refractivity (Wildman–Crippen MR) is 83.1 cm³/mol. The quantitative estimate of drug-likeness (QED) is 0.877. The van der Waals surface area contributed by atoms with Crippen molar-refractivity contribution in [2.75, 3.05) is 6.54 Å². The molecule has 0 aromatic heterocycles. The number of nitrogens with one attached hydrogen (secondary N) is 1. The molecule has 1 aromatic carbocycles. The zero-order valence-corrected chi connectivity index (χ0v) is 13.1. The Morgan fingerprint density at radius 3 is 2.50 bits per heavy atom. The number of hydrogen-bond donors (Lipinski definition) is 1. The standard InChI is InChI=1S/C18H27NO/c1-17(2)7-9-18(3,10-8-17)20-16-5-4-15-13-19-11-6-14(15)12-16/h4-5,12,19H,6-11,13H2,1-3H3. The van der Waals surface area contributed by atoms with Gasteiger partial charge in [0, 0.05) is 6.54 Å². The molecule has 1 saturated carbocycles. The highest BCUT2D eigenvalue weighted by molar-refractivity contribution is 5.37. The van der Waals surface area contributed by atoms with Crippen molar-refractivity contribution < 1.29 is 4.74 Å². The molecule has 0 saturated heterocycles. The molecule has 2 aliphatic rings. The summed E-state index contributed by atoms with van der Waals surface area (Å²) in [4.78, 5) is 0. The molecule has 0 radical (unpaired) electrons. The Morgan fingerprint density at radius 2 is 1.75 bits per heavy atom. The third-order valence-corrected chi connectivity index (χ3v) is 5.09. The molecule has 1 heterocycles. The first-order valence-corrected chi connectivity index (χ1v) is 7.97. The molecule has 1 fully saturated rings. The van der Waals surface area contributed by atoms with Gasteiger partial charge in [-0.25, -0.2) is 0 Å². The van der Waals surface area contributed by atoms with Gasteiger partial charge in [-0.3, -0.25) is 0 Å². The Bertz CT molecular complexity index is 482.